The van der Waals surface area contributed by atoms with E-state index in [9.17, 15) is 4.79 Å². The molecular weight excluding hydrogens is 290 g/mol. The Morgan fingerprint density at radius 1 is 1.29 bits per heavy atom. The van der Waals surface area contributed by atoms with Crippen molar-refractivity contribution >= 4 is 17.5 Å². The average Bonchev–Trinajstić information content (AvgIpc) is 2.89. The molecule has 1 aromatic heterocycles. The summed E-state index contributed by atoms with van der Waals surface area (Å²) in [6, 6.07) is 7.23. The van der Waals surface area contributed by atoms with Crippen molar-refractivity contribution in [2.75, 3.05) is 26.2 Å². The van der Waals surface area contributed by atoms with Crippen molar-refractivity contribution in [1.29, 1.82) is 0 Å². The molecule has 0 radical (unpaired) electrons. The molecule has 1 saturated heterocycles. The van der Waals surface area contributed by atoms with Crippen molar-refractivity contribution in [3.63, 3.8) is 0 Å². The average molecular weight is 306 g/mol. The number of nitrogens with zero attached hydrogens (tertiary/aromatic N) is 4. The van der Waals surface area contributed by atoms with E-state index < -0.39 is 0 Å². The van der Waals surface area contributed by atoms with Gasteiger partial charge in [0.25, 0.3) is 5.91 Å². The van der Waals surface area contributed by atoms with E-state index in [0.29, 0.717) is 29.5 Å². The van der Waals surface area contributed by atoms with Gasteiger partial charge in [-0.15, -0.1) is 5.10 Å². The number of halogens is 1. The van der Waals surface area contributed by atoms with Crippen molar-refractivity contribution < 1.29 is 4.79 Å². The van der Waals surface area contributed by atoms with Gasteiger partial charge in [-0.1, -0.05) is 17.7 Å². The minimum atomic E-state index is -0.0673. The zero-order chi connectivity index (χ0) is 14.8. The number of aromatic nitrogens is 3. The van der Waals surface area contributed by atoms with Gasteiger partial charge in [0, 0.05) is 31.2 Å². The first-order valence-corrected chi connectivity index (χ1v) is 7.23. The standard InChI is InChI=1S/C14H16ClN5O/c1-10-13(14(21)19-7-5-16-6-8-19)18-20(17-10)12-4-2-3-11(15)9-12/h2-4,9,16H,5-8H2,1H3. The van der Waals surface area contributed by atoms with E-state index >= 15 is 0 Å². The Kier molecular flexibility index (Phi) is 3.90. The van der Waals surface area contributed by atoms with Crippen LogP contribution in [0.15, 0.2) is 24.3 Å². The molecule has 7 heteroatoms. The van der Waals surface area contributed by atoms with Gasteiger partial charge in [0.05, 0.1) is 11.4 Å². The van der Waals surface area contributed by atoms with Gasteiger partial charge in [0.1, 0.15) is 0 Å². The molecule has 1 aliphatic rings. The summed E-state index contributed by atoms with van der Waals surface area (Å²) in [4.78, 5) is 15.7. The summed E-state index contributed by atoms with van der Waals surface area (Å²) in [5.74, 6) is -0.0673. The van der Waals surface area contributed by atoms with Crippen LogP contribution in [0.5, 0.6) is 0 Å². The molecule has 1 amide bonds. The summed E-state index contributed by atoms with van der Waals surface area (Å²) in [5, 5.41) is 12.5. The maximum atomic E-state index is 12.5. The molecule has 6 nitrogen and oxygen atoms in total. The molecule has 1 fully saturated rings. The predicted octanol–water partition coefficient (Wildman–Crippen LogP) is 1.27. The van der Waals surface area contributed by atoms with Crippen LogP contribution in [0.1, 0.15) is 16.2 Å². The summed E-state index contributed by atoms with van der Waals surface area (Å²) in [6.45, 7) is 4.81. The van der Waals surface area contributed by atoms with Gasteiger partial charge in [-0.05, 0) is 25.1 Å². The number of hydrogen-bond donors (Lipinski definition) is 1. The maximum Gasteiger partial charge on any atom is 0.276 e. The van der Waals surface area contributed by atoms with Crippen molar-refractivity contribution in [3.8, 4) is 5.69 Å². The van der Waals surface area contributed by atoms with E-state index in [1.54, 1.807) is 24.0 Å². The quantitative estimate of drug-likeness (QED) is 0.908. The van der Waals surface area contributed by atoms with Crippen LogP contribution < -0.4 is 5.32 Å². The highest BCUT2D eigenvalue weighted by Gasteiger charge is 2.23. The number of benzene rings is 1. The molecule has 21 heavy (non-hydrogen) atoms. The monoisotopic (exact) mass is 305 g/mol. The molecule has 0 saturated carbocycles. The minimum Gasteiger partial charge on any atom is -0.335 e. The van der Waals surface area contributed by atoms with E-state index in [1.807, 2.05) is 12.1 Å². The third-order valence-corrected chi connectivity index (χ3v) is 3.66. The number of rotatable bonds is 2. The second-order valence-electron chi connectivity index (χ2n) is 4.95. The van der Waals surface area contributed by atoms with Crippen LogP contribution in [0.2, 0.25) is 5.02 Å². The lowest BCUT2D eigenvalue weighted by Gasteiger charge is -2.26. The fourth-order valence-electron chi connectivity index (χ4n) is 2.31. The van der Waals surface area contributed by atoms with Crippen LogP contribution in [-0.4, -0.2) is 52.0 Å². The number of nitrogens with one attached hydrogen (secondary N) is 1. The summed E-state index contributed by atoms with van der Waals surface area (Å²) >= 11 is 5.97. The summed E-state index contributed by atoms with van der Waals surface area (Å²) < 4.78 is 0. The van der Waals surface area contributed by atoms with E-state index in [-0.39, 0.29) is 5.91 Å². The summed E-state index contributed by atoms with van der Waals surface area (Å²) in [6.07, 6.45) is 0. The zero-order valence-corrected chi connectivity index (χ0v) is 12.5. The molecule has 0 unspecified atom stereocenters. The van der Waals surface area contributed by atoms with Crippen molar-refractivity contribution in [3.05, 3.63) is 40.7 Å². The van der Waals surface area contributed by atoms with Gasteiger partial charge in [0.2, 0.25) is 0 Å². The molecular formula is C14H16ClN5O. The van der Waals surface area contributed by atoms with Gasteiger partial charge >= 0.3 is 0 Å². The molecule has 0 bridgehead atoms. The van der Waals surface area contributed by atoms with Crippen LogP contribution >= 0.6 is 11.6 Å². The summed E-state index contributed by atoms with van der Waals surface area (Å²) in [5.41, 5.74) is 1.76. The number of carbonyl (C=O) groups is 1. The van der Waals surface area contributed by atoms with Crippen molar-refractivity contribution in [2.24, 2.45) is 0 Å². The SMILES string of the molecule is Cc1nn(-c2cccc(Cl)c2)nc1C(=O)N1CCNCC1. The van der Waals surface area contributed by atoms with Crippen LogP contribution in [0.4, 0.5) is 0 Å². The topological polar surface area (TPSA) is 63.1 Å². The van der Waals surface area contributed by atoms with Crippen LogP contribution in [0.3, 0.4) is 0 Å². The lowest BCUT2D eigenvalue weighted by atomic mass is 10.2. The molecule has 1 N–H and O–H groups in total. The van der Waals surface area contributed by atoms with Gasteiger partial charge in [-0.2, -0.15) is 9.90 Å². The minimum absolute atomic E-state index is 0.0673. The number of carbonyl (C=O) groups excluding carboxylic acids is 1. The molecule has 1 aliphatic heterocycles. The molecule has 0 atom stereocenters. The number of aryl methyl sites for hydroxylation is 1. The highest BCUT2D eigenvalue weighted by Crippen LogP contribution is 2.15. The Bertz CT molecular complexity index is 663. The highest BCUT2D eigenvalue weighted by atomic mass is 35.5. The van der Waals surface area contributed by atoms with E-state index in [1.165, 1.54) is 4.80 Å². The Hall–Kier alpha value is -1.92. The first-order valence-electron chi connectivity index (χ1n) is 6.85. The first-order chi connectivity index (χ1) is 10.1. The van der Waals surface area contributed by atoms with Gasteiger partial charge < -0.3 is 10.2 Å². The van der Waals surface area contributed by atoms with Gasteiger partial charge in [-0.3, -0.25) is 4.79 Å². The van der Waals surface area contributed by atoms with E-state index in [2.05, 4.69) is 15.5 Å². The Labute approximate surface area is 127 Å². The second-order valence-corrected chi connectivity index (χ2v) is 5.38. The summed E-state index contributed by atoms with van der Waals surface area (Å²) in [7, 11) is 0. The Morgan fingerprint density at radius 2 is 2.05 bits per heavy atom. The lowest BCUT2D eigenvalue weighted by molar-refractivity contribution is 0.0728. The molecule has 2 heterocycles. The van der Waals surface area contributed by atoms with Crippen LogP contribution in [0, 0.1) is 6.92 Å². The lowest BCUT2D eigenvalue weighted by Crippen LogP contribution is -2.46. The normalized spacial score (nSPS) is 15.2. The fraction of sp³-hybridized carbons (Fsp3) is 0.357. The predicted molar refractivity (Wildman–Crippen MR) is 79.9 cm³/mol. The molecule has 0 aliphatic carbocycles. The maximum absolute atomic E-state index is 12.5. The van der Waals surface area contributed by atoms with Crippen molar-refractivity contribution in [2.45, 2.75) is 6.92 Å². The number of hydrogen-bond acceptors (Lipinski definition) is 4. The Morgan fingerprint density at radius 3 is 2.76 bits per heavy atom. The Balaban J connectivity index is 1.89. The fourth-order valence-corrected chi connectivity index (χ4v) is 2.49. The van der Waals surface area contributed by atoms with Crippen LogP contribution in [0.25, 0.3) is 5.69 Å². The van der Waals surface area contributed by atoms with Gasteiger partial charge in [-0.25, -0.2) is 0 Å². The molecule has 2 aromatic rings. The number of amides is 1. The van der Waals surface area contributed by atoms with Crippen LogP contribution in [-0.2, 0) is 0 Å². The first kappa shape index (κ1) is 14.0. The molecule has 3 rings (SSSR count). The van der Waals surface area contributed by atoms with Gasteiger partial charge in [0.15, 0.2) is 5.69 Å². The van der Waals surface area contributed by atoms with E-state index in [0.717, 1.165) is 18.8 Å². The molecule has 0 spiro atoms. The second kappa shape index (κ2) is 5.83. The largest absolute Gasteiger partial charge is 0.335 e. The molecule has 1 aromatic carbocycles. The third-order valence-electron chi connectivity index (χ3n) is 3.43. The van der Waals surface area contributed by atoms with Crippen molar-refractivity contribution in [1.82, 2.24) is 25.2 Å². The van der Waals surface area contributed by atoms with E-state index in [4.69, 9.17) is 11.6 Å². The highest BCUT2D eigenvalue weighted by molar-refractivity contribution is 6.30. The third kappa shape index (κ3) is 2.91. The zero-order valence-electron chi connectivity index (χ0n) is 11.7. The smallest absolute Gasteiger partial charge is 0.276 e. The molecule has 110 valence electrons. The number of piperazine rings is 1.